The lowest BCUT2D eigenvalue weighted by Gasteiger charge is -2.42. The molecular formula is C19H31NO. The lowest BCUT2D eigenvalue weighted by Crippen LogP contribution is -2.45. The molecule has 0 atom stereocenters. The summed E-state index contributed by atoms with van der Waals surface area (Å²) in [5.74, 6) is 1.03. The first-order valence-corrected chi connectivity index (χ1v) is 8.45. The average molecular weight is 289 g/mol. The van der Waals surface area contributed by atoms with Crippen LogP contribution in [0.15, 0.2) is 24.3 Å². The molecular weight excluding hydrogens is 258 g/mol. The summed E-state index contributed by atoms with van der Waals surface area (Å²) in [6.45, 7) is 11.1. The van der Waals surface area contributed by atoms with Crippen molar-refractivity contribution < 1.29 is 4.74 Å². The Labute approximate surface area is 130 Å². The molecule has 118 valence electrons. The summed E-state index contributed by atoms with van der Waals surface area (Å²) in [6.07, 6.45) is 6.01. The van der Waals surface area contributed by atoms with Crippen LogP contribution in [0.1, 0.15) is 65.4 Å². The highest BCUT2D eigenvalue weighted by Gasteiger charge is 2.38. The van der Waals surface area contributed by atoms with E-state index in [9.17, 15) is 0 Å². The van der Waals surface area contributed by atoms with Crippen molar-refractivity contribution in [2.45, 2.75) is 70.8 Å². The van der Waals surface area contributed by atoms with Gasteiger partial charge < -0.3 is 10.1 Å². The van der Waals surface area contributed by atoms with Crippen molar-refractivity contribution in [3.05, 3.63) is 29.8 Å². The molecule has 0 aliphatic heterocycles. The van der Waals surface area contributed by atoms with E-state index in [2.05, 4.69) is 57.3 Å². The monoisotopic (exact) mass is 289 g/mol. The third kappa shape index (κ3) is 4.47. The van der Waals surface area contributed by atoms with E-state index >= 15 is 0 Å². The maximum atomic E-state index is 6.35. The van der Waals surface area contributed by atoms with E-state index in [1.807, 2.05) is 0 Å². The number of hydrogen-bond acceptors (Lipinski definition) is 2. The Morgan fingerprint density at radius 3 is 2.24 bits per heavy atom. The van der Waals surface area contributed by atoms with Crippen LogP contribution in [-0.4, -0.2) is 18.7 Å². The van der Waals surface area contributed by atoms with Gasteiger partial charge in [0.05, 0.1) is 0 Å². The van der Waals surface area contributed by atoms with Crippen molar-refractivity contribution in [1.82, 2.24) is 5.32 Å². The molecule has 0 bridgehead atoms. The van der Waals surface area contributed by atoms with E-state index in [-0.39, 0.29) is 11.0 Å². The van der Waals surface area contributed by atoms with E-state index in [4.69, 9.17) is 4.74 Å². The van der Waals surface area contributed by atoms with Crippen molar-refractivity contribution in [3.63, 3.8) is 0 Å². The van der Waals surface area contributed by atoms with Gasteiger partial charge >= 0.3 is 0 Å². The van der Waals surface area contributed by atoms with Crippen molar-refractivity contribution in [3.8, 4) is 5.75 Å². The van der Waals surface area contributed by atoms with Crippen molar-refractivity contribution in [2.24, 2.45) is 0 Å². The van der Waals surface area contributed by atoms with Crippen molar-refractivity contribution in [2.75, 3.05) is 13.1 Å². The first kappa shape index (κ1) is 16.4. The third-order valence-electron chi connectivity index (χ3n) is 4.50. The molecule has 1 N–H and O–H groups in total. The largest absolute Gasteiger partial charge is 0.487 e. The zero-order valence-corrected chi connectivity index (χ0v) is 14.2. The summed E-state index contributed by atoms with van der Waals surface area (Å²) in [5.41, 5.74) is 1.66. The summed E-state index contributed by atoms with van der Waals surface area (Å²) in [7, 11) is 0. The Morgan fingerprint density at radius 2 is 1.76 bits per heavy atom. The van der Waals surface area contributed by atoms with E-state index in [0.717, 1.165) is 25.3 Å². The highest BCUT2D eigenvalue weighted by molar-refractivity contribution is 5.31. The van der Waals surface area contributed by atoms with Gasteiger partial charge in [-0.05, 0) is 68.3 Å². The van der Waals surface area contributed by atoms with Gasteiger partial charge in [-0.2, -0.15) is 0 Å². The van der Waals surface area contributed by atoms with Crippen molar-refractivity contribution in [1.29, 1.82) is 0 Å². The van der Waals surface area contributed by atoms with E-state index < -0.39 is 0 Å². The Bertz CT molecular complexity index is 426. The molecule has 2 nitrogen and oxygen atoms in total. The van der Waals surface area contributed by atoms with Crippen LogP contribution < -0.4 is 10.1 Å². The second-order valence-corrected chi connectivity index (χ2v) is 7.41. The first-order valence-electron chi connectivity index (χ1n) is 8.45. The van der Waals surface area contributed by atoms with Crippen molar-refractivity contribution >= 4 is 0 Å². The number of rotatable bonds is 7. The third-order valence-corrected chi connectivity index (χ3v) is 4.50. The molecule has 0 amide bonds. The van der Waals surface area contributed by atoms with Gasteiger partial charge in [0.1, 0.15) is 11.4 Å². The fraction of sp³-hybridized carbons (Fsp3) is 0.684. The molecule has 0 spiro atoms. The normalized spacial score (nSPS) is 17.3. The van der Waals surface area contributed by atoms with Crippen LogP contribution >= 0.6 is 0 Å². The molecule has 2 heteroatoms. The minimum Gasteiger partial charge on any atom is -0.487 e. The van der Waals surface area contributed by atoms with E-state index in [0.29, 0.717) is 0 Å². The molecule has 0 radical (unpaired) electrons. The summed E-state index contributed by atoms with van der Waals surface area (Å²) < 4.78 is 6.35. The highest BCUT2D eigenvalue weighted by atomic mass is 16.5. The summed E-state index contributed by atoms with van der Waals surface area (Å²) in [5, 5.41) is 3.49. The first-order chi connectivity index (χ1) is 9.95. The van der Waals surface area contributed by atoms with Crippen LogP contribution in [0.5, 0.6) is 5.75 Å². The molecule has 1 saturated carbocycles. The number of nitrogens with one attached hydrogen (secondary N) is 1. The molecule has 0 heterocycles. The van der Waals surface area contributed by atoms with Crippen LogP contribution in [0.2, 0.25) is 0 Å². The maximum Gasteiger partial charge on any atom is 0.120 e. The van der Waals surface area contributed by atoms with Gasteiger partial charge in [-0.3, -0.25) is 0 Å². The minimum atomic E-state index is 0.0873. The van der Waals surface area contributed by atoms with Gasteiger partial charge in [-0.1, -0.05) is 39.8 Å². The predicted octanol–water partition coefficient (Wildman–Crippen LogP) is 4.68. The zero-order chi connectivity index (χ0) is 15.3. The molecule has 0 saturated heterocycles. The number of benzene rings is 1. The molecule has 2 rings (SSSR count). The van der Waals surface area contributed by atoms with E-state index in [1.165, 1.54) is 31.2 Å². The Balaban J connectivity index is 1.92. The lowest BCUT2D eigenvalue weighted by atomic mass is 9.77. The quantitative estimate of drug-likeness (QED) is 0.736. The van der Waals surface area contributed by atoms with Gasteiger partial charge in [-0.25, -0.2) is 0 Å². The Kier molecular flexibility index (Phi) is 5.32. The van der Waals surface area contributed by atoms with Gasteiger partial charge in [0.25, 0.3) is 0 Å². The van der Waals surface area contributed by atoms with Crippen LogP contribution in [0.3, 0.4) is 0 Å². The molecule has 21 heavy (non-hydrogen) atoms. The highest BCUT2D eigenvalue weighted by Crippen LogP contribution is 2.39. The predicted molar refractivity (Wildman–Crippen MR) is 90.1 cm³/mol. The maximum absolute atomic E-state index is 6.35. The van der Waals surface area contributed by atoms with E-state index in [1.54, 1.807) is 0 Å². The molecule has 1 aliphatic carbocycles. The Hall–Kier alpha value is -1.02. The fourth-order valence-corrected chi connectivity index (χ4v) is 2.87. The Morgan fingerprint density at radius 1 is 1.10 bits per heavy atom. The molecule has 1 aliphatic rings. The standard InChI is InChI=1S/C19H31NO/c1-5-14-20-15-13-19(11-6-12-19)21-17-9-7-16(8-10-17)18(2,3)4/h7-10,20H,5-6,11-15H2,1-4H3. The molecule has 1 fully saturated rings. The van der Waals surface area contributed by atoms with Gasteiger partial charge in [-0.15, -0.1) is 0 Å². The van der Waals surface area contributed by atoms with Gasteiger partial charge in [0.15, 0.2) is 0 Å². The second-order valence-electron chi connectivity index (χ2n) is 7.41. The molecule has 0 unspecified atom stereocenters. The number of ether oxygens (including phenoxy) is 1. The zero-order valence-electron chi connectivity index (χ0n) is 14.2. The number of hydrogen-bond donors (Lipinski definition) is 1. The van der Waals surface area contributed by atoms with Crippen LogP contribution in [0, 0.1) is 0 Å². The minimum absolute atomic E-state index is 0.0873. The van der Waals surface area contributed by atoms with Crippen LogP contribution in [-0.2, 0) is 5.41 Å². The molecule has 1 aromatic carbocycles. The molecule has 1 aromatic rings. The van der Waals surface area contributed by atoms with Gasteiger partial charge in [0.2, 0.25) is 0 Å². The topological polar surface area (TPSA) is 21.3 Å². The average Bonchev–Trinajstić information content (AvgIpc) is 2.40. The second kappa shape index (κ2) is 6.83. The lowest BCUT2D eigenvalue weighted by molar-refractivity contribution is -0.0142. The van der Waals surface area contributed by atoms with Crippen LogP contribution in [0.4, 0.5) is 0 Å². The molecule has 0 aromatic heterocycles. The SMILES string of the molecule is CCCNCCC1(Oc2ccc(C(C)(C)C)cc2)CCC1. The smallest absolute Gasteiger partial charge is 0.120 e. The fourth-order valence-electron chi connectivity index (χ4n) is 2.87. The summed E-state index contributed by atoms with van der Waals surface area (Å²) in [6, 6.07) is 8.69. The summed E-state index contributed by atoms with van der Waals surface area (Å²) >= 11 is 0. The van der Waals surface area contributed by atoms with Gasteiger partial charge in [0, 0.05) is 0 Å². The summed E-state index contributed by atoms with van der Waals surface area (Å²) in [4.78, 5) is 0. The van der Waals surface area contributed by atoms with Crippen LogP contribution in [0.25, 0.3) is 0 Å².